The highest BCUT2D eigenvalue weighted by Crippen LogP contribution is 2.27. The highest BCUT2D eigenvalue weighted by molar-refractivity contribution is 14.0. The fourth-order valence-electron chi connectivity index (χ4n) is 2.44. The van der Waals surface area contributed by atoms with Gasteiger partial charge in [0.15, 0.2) is 17.5 Å². The fourth-order valence-corrected chi connectivity index (χ4v) is 2.44. The number of nitrogens with zero attached hydrogens (tertiary/aromatic N) is 1. The molecule has 3 N–H and O–H groups in total. The maximum absolute atomic E-state index is 13.4. The van der Waals surface area contributed by atoms with Gasteiger partial charge in [0.25, 0.3) is 0 Å². The van der Waals surface area contributed by atoms with E-state index < -0.39 is 5.82 Å². The number of aliphatic hydroxyl groups excluding tert-OH is 1. The lowest BCUT2D eigenvalue weighted by Crippen LogP contribution is -2.36. The first kappa shape index (κ1) is 23.0. The lowest BCUT2D eigenvalue weighted by Gasteiger charge is -2.14. The molecular formula is C19H25FIN3O3. The molecule has 0 atom stereocenters. The Labute approximate surface area is 175 Å². The van der Waals surface area contributed by atoms with Crippen LogP contribution in [0.2, 0.25) is 0 Å². The summed E-state index contributed by atoms with van der Waals surface area (Å²) in [5, 5.41) is 15.5. The van der Waals surface area contributed by atoms with E-state index in [9.17, 15) is 4.39 Å². The van der Waals surface area contributed by atoms with Gasteiger partial charge in [0.05, 0.1) is 20.8 Å². The van der Waals surface area contributed by atoms with Crippen LogP contribution in [0.25, 0.3) is 0 Å². The lowest BCUT2D eigenvalue weighted by atomic mass is 10.1. The van der Waals surface area contributed by atoms with Gasteiger partial charge in [0.1, 0.15) is 5.82 Å². The number of hydrogen-bond acceptors (Lipinski definition) is 4. The van der Waals surface area contributed by atoms with Crippen LogP contribution >= 0.6 is 24.0 Å². The van der Waals surface area contributed by atoms with Gasteiger partial charge in [-0.3, -0.25) is 4.99 Å². The van der Waals surface area contributed by atoms with Crippen molar-refractivity contribution in [3.63, 3.8) is 0 Å². The van der Waals surface area contributed by atoms with Crippen molar-refractivity contribution in [1.82, 2.24) is 10.6 Å². The molecule has 0 aliphatic rings. The van der Waals surface area contributed by atoms with Crippen molar-refractivity contribution in [1.29, 1.82) is 0 Å². The van der Waals surface area contributed by atoms with E-state index in [0.29, 0.717) is 30.5 Å². The second kappa shape index (κ2) is 11.6. The Hall–Kier alpha value is -2.07. The predicted molar refractivity (Wildman–Crippen MR) is 114 cm³/mol. The molecule has 8 heteroatoms. The third kappa shape index (κ3) is 6.55. The van der Waals surface area contributed by atoms with Crippen molar-refractivity contribution >= 4 is 29.9 Å². The van der Waals surface area contributed by atoms with Gasteiger partial charge in [-0.05, 0) is 35.4 Å². The van der Waals surface area contributed by atoms with Crippen molar-refractivity contribution in [2.24, 2.45) is 4.99 Å². The van der Waals surface area contributed by atoms with E-state index in [1.54, 1.807) is 33.4 Å². The molecule has 0 aromatic heterocycles. The largest absolute Gasteiger partial charge is 0.493 e. The van der Waals surface area contributed by atoms with Crippen LogP contribution < -0.4 is 20.1 Å². The van der Waals surface area contributed by atoms with E-state index in [4.69, 9.17) is 14.6 Å². The smallest absolute Gasteiger partial charge is 0.191 e. The molecular weight excluding hydrogens is 464 g/mol. The molecule has 0 bridgehead atoms. The average Bonchev–Trinajstić information content (AvgIpc) is 2.68. The summed E-state index contributed by atoms with van der Waals surface area (Å²) >= 11 is 0. The van der Waals surface area contributed by atoms with Crippen LogP contribution in [0.1, 0.15) is 16.7 Å². The molecule has 0 aliphatic heterocycles. The molecule has 0 heterocycles. The highest BCUT2D eigenvalue weighted by atomic mass is 127. The maximum Gasteiger partial charge on any atom is 0.191 e. The molecule has 2 rings (SSSR count). The Kier molecular flexibility index (Phi) is 9.87. The number of rotatable bonds is 7. The Morgan fingerprint density at radius 1 is 1.00 bits per heavy atom. The first-order valence-electron chi connectivity index (χ1n) is 8.14. The minimum Gasteiger partial charge on any atom is -0.493 e. The number of ether oxygens (including phenoxy) is 2. The first-order valence-corrected chi connectivity index (χ1v) is 8.14. The monoisotopic (exact) mass is 489 g/mol. The normalized spacial score (nSPS) is 10.8. The van der Waals surface area contributed by atoms with Gasteiger partial charge in [-0.1, -0.05) is 12.1 Å². The van der Waals surface area contributed by atoms with Crippen molar-refractivity contribution in [3.8, 4) is 11.5 Å². The standard InChI is InChI=1S/C19H24FN3O3.HI/c1-21-19(22-10-13-4-6-16(20)15(8-13)12-24)23-11-14-5-7-17(25-2)18(9-14)26-3;/h4-9,24H,10-12H2,1-3H3,(H2,21,22,23);1H. The second-order valence-electron chi connectivity index (χ2n) is 5.55. The highest BCUT2D eigenvalue weighted by Gasteiger charge is 2.06. The summed E-state index contributed by atoms with van der Waals surface area (Å²) in [6.07, 6.45) is 0. The van der Waals surface area contributed by atoms with Gasteiger partial charge in [0.2, 0.25) is 0 Å². The molecule has 0 fully saturated rings. The van der Waals surface area contributed by atoms with E-state index in [-0.39, 0.29) is 36.1 Å². The number of benzene rings is 2. The quantitative estimate of drug-likeness (QED) is 0.317. The molecule has 0 spiro atoms. The van der Waals surface area contributed by atoms with E-state index in [1.165, 1.54) is 6.07 Å². The number of aliphatic imine (C=N–C) groups is 1. The summed E-state index contributed by atoms with van der Waals surface area (Å²) in [6, 6.07) is 10.3. The molecule has 6 nitrogen and oxygen atoms in total. The van der Waals surface area contributed by atoms with Crippen LogP contribution in [0.5, 0.6) is 11.5 Å². The Bertz CT molecular complexity index is 772. The SMILES string of the molecule is CN=C(NCc1ccc(F)c(CO)c1)NCc1ccc(OC)c(OC)c1.I. The van der Waals surface area contributed by atoms with Crippen LogP contribution in [0, 0.1) is 5.82 Å². The minimum absolute atomic E-state index is 0. The Morgan fingerprint density at radius 3 is 2.15 bits per heavy atom. The molecule has 2 aromatic carbocycles. The number of methoxy groups -OCH3 is 2. The number of aliphatic hydroxyl groups is 1. The van der Waals surface area contributed by atoms with E-state index >= 15 is 0 Å². The second-order valence-corrected chi connectivity index (χ2v) is 5.55. The van der Waals surface area contributed by atoms with Gasteiger partial charge in [-0.25, -0.2) is 4.39 Å². The number of guanidine groups is 1. The van der Waals surface area contributed by atoms with Crippen molar-refractivity contribution in [2.45, 2.75) is 19.7 Å². The molecule has 2 aromatic rings. The van der Waals surface area contributed by atoms with E-state index in [1.807, 2.05) is 18.2 Å². The van der Waals surface area contributed by atoms with Crippen LogP contribution in [-0.2, 0) is 19.7 Å². The van der Waals surface area contributed by atoms with Crippen molar-refractivity contribution in [3.05, 3.63) is 58.9 Å². The molecule has 0 aliphatic carbocycles. The summed E-state index contributed by atoms with van der Waals surface area (Å²) in [7, 11) is 4.87. The van der Waals surface area contributed by atoms with E-state index in [0.717, 1.165) is 11.1 Å². The topological polar surface area (TPSA) is 75.1 Å². The zero-order valence-corrected chi connectivity index (χ0v) is 17.9. The maximum atomic E-state index is 13.4. The molecule has 0 saturated carbocycles. The summed E-state index contributed by atoms with van der Waals surface area (Å²) in [5.74, 6) is 1.54. The Balaban J connectivity index is 0.00000364. The molecule has 0 unspecified atom stereocenters. The predicted octanol–water partition coefficient (Wildman–Crippen LogP) is 2.82. The van der Waals surface area contributed by atoms with Crippen LogP contribution in [-0.4, -0.2) is 32.3 Å². The molecule has 148 valence electrons. The Morgan fingerprint density at radius 2 is 1.59 bits per heavy atom. The van der Waals surface area contributed by atoms with Crippen LogP contribution in [0.15, 0.2) is 41.4 Å². The van der Waals surface area contributed by atoms with Crippen LogP contribution in [0.4, 0.5) is 4.39 Å². The van der Waals surface area contributed by atoms with E-state index in [2.05, 4.69) is 15.6 Å². The molecule has 0 radical (unpaired) electrons. The average molecular weight is 489 g/mol. The fraction of sp³-hybridized carbons (Fsp3) is 0.316. The molecule has 27 heavy (non-hydrogen) atoms. The minimum atomic E-state index is -0.410. The summed E-state index contributed by atoms with van der Waals surface area (Å²) in [5.41, 5.74) is 2.14. The molecule has 0 amide bonds. The summed E-state index contributed by atoms with van der Waals surface area (Å²) < 4.78 is 23.9. The van der Waals surface area contributed by atoms with Gasteiger partial charge >= 0.3 is 0 Å². The third-order valence-electron chi connectivity index (χ3n) is 3.87. The summed E-state index contributed by atoms with van der Waals surface area (Å²) in [4.78, 5) is 4.17. The van der Waals surface area contributed by atoms with Crippen molar-refractivity contribution in [2.75, 3.05) is 21.3 Å². The first-order chi connectivity index (χ1) is 12.6. The van der Waals surface area contributed by atoms with Crippen LogP contribution in [0.3, 0.4) is 0 Å². The zero-order valence-electron chi connectivity index (χ0n) is 15.6. The third-order valence-corrected chi connectivity index (χ3v) is 3.87. The van der Waals surface area contributed by atoms with Gasteiger partial charge in [0, 0.05) is 25.7 Å². The van der Waals surface area contributed by atoms with Gasteiger partial charge in [-0.2, -0.15) is 0 Å². The lowest BCUT2D eigenvalue weighted by molar-refractivity contribution is 0.275. The number of hydrogen-bond donors (Lipinski definition) is 3. The number of halogens is 2. The summed E-state index contributed by atoms with van der Waals surface area (Å²) in [6.45, 7) is 0.677. The zero-order chi connectivity index (χ0) is 18.9. The number of nitrogens with one attached hydrogen (secondary N) is 2. The van der Waals surface area contributed by atoms with Gasteiger partial charge < -0.3 is 25.2 Å². The van der Waals surface area contributed by atoms with Gasteiger partial charge in [-0.15, -0.1) is 24.0 Å². The van der Waals surface area contributed by atoms with Crippen molar-refractivity contribution < 1.29 is 19.0 Å². The molecule has 0 saturated heterocycles.